The Kier molecular flexibility index (Phi) is 3.77. The zero-order valence-corrected chi connectivity index (χ0v) is 14.5. The average molecular weight is 308 g/mol. The molecule has 3 heteroatoms. The third-order valence-electron chi connectivity index (χ3n) is 4.30. The number of fused-ring (bicyclic) bond motifs is 1. The summed E-state index contributed by atoms with van der Waals surface area (Å²) < 4.78 is 1.99. The first-order chi connectivity index (χ1) is 10.8. The maximum absolute atomic E-state index is 10.3. The van der Waals surface area contributed by atoms with Crippen LogP contribution in [0.5, 0.6) is 0 Å². The van der Waals surface area contributed by atoms with Crippen molar-refractivity contribution in [2.24, 2.45) is 0 Å². The van der Waals surface area contributed by atoms with Crippen LogP contribution in [0, 0.1) is 6.92 Å². The molecule has 1 aromatic carbocycles. The van der Waals surface area contributed by atoms with Crippen molar-refractivity contribution < 1.29 is 5.11 Å². The molecule has 2 aromatic heterocycles. The van der Waals surface area contributed by atoms with Gasteiger partial charge in [0.1, 0.15) is 5.65 Å². The molecule has 0 amide bonds. The molecule has 0 spiro atoms. The van der Waals surface area contributed by atoms with Crippen LogP contribution in [0.4, 0.5) is 0 Å². The predicted molar refractivity (Wildman–Crippen MR) is 94.7 cm³/mol. The minimum absolute atomic E-state index is 0.126. The van der Waals surface area contributed by atoms with E-state index in [1.54, 1.807) is 6.92 Å². The third-order valence-corrected chi connectivity index (χ3v) is 4.30. The fraction of sp³-hybridized carbons (Fsp3) is 0.350. The molecule has 0 saturated carbocycles. The molecule has 1 N–H and O–H groups in total. The van der Waals surface area contributed by atoms with Crippen molar-refractivity contribution in [1.29, 1.82) is 0 Å². The summed E-state index contributed by atoms with van der Waals surface area (Å²) in [5, 5.41) is 10.3. The topological polar surface area (TPSA) is 37.5 Å². The van der Waals surface area contributed by atoms with E-state index in [9.17, 15) is 5.11 Å². The molecule has 3 aromatic rings. The lowest BCUT2D eigenvalue weighted by molar-refractivity contribution is 0.194. The quantitative estimate of drug-likeness (QED) is 0.747. The van der Waals surface area contributed by atoms with E-state index in [4.69, 9.17) is 4.98 Å². The Bertz CT molecular complexity index is 836. The van der Waals surface area contributed by atoms with E-state index in [1.807, 2.05) is 29.7 Å². The Labute approximate surface area is 137 Å². The largest absolute Gasteiger partial charge is 0.387 e. The van der Waals surface area contributed by atoms with E-state index >= 15 is 0 Å². The molecule has 3 nitrogen and oxygen atoms in total. The number of aliphatic hydroxyl groups excluding tert-OH is 1. The molecule has 1 atom stereocenters. The van der Waals surface area contributed by atoms with Gasteiger partial charge in [0.2, 0.25) is 0 Å². The molecular weight excluding hydrogens is 284 g/mol. The highest BCUT2D eigenvalue weighted by atomic mass is 16.3. The van der Waals surface area contributed by atoms with Crippen molar-refractivity contribution in [2.75, 3.05) is 0 Å². The minimum Gasteiger partial charge on any atom is -0.387 e. The van der Waals surface area contributed by atoms with Crippen molar-refractivity contribution in [3.63, 3.8) is 0 Å². The summed E-state index contributed by atoms with van der Waals surface area (Å²) in [4.78, 5) is 4.80. The maximum Gasteiger partial charge on any atom is 0.140 e. The van der Waals surface area contributed by atoms with Gasteiger partial charge in [0.05, 0.1) is 17.5 Å². The summed E-state index contributed by atoms with van der Waals surface area (Å²) in [6.45, 7) is 10.5. The fourth-order valence-corrected chi connectivity index (χ4v) is 2.96. The van der Waals surface area contributed by atoms with Crippen LogP contribution in [-0.2, 0) is 5.41 Å². The zero-order chi connectivity index (χ0) is 16.8. The van der Waals surface area contributed by atoms with Gasteiger partial charge in [0.15, 0.2) is 0 Å². The number of pyridine rings is 1. The number of hydrogen-bond donors (Lipinski definition) is 1. The summed E-state index contributed by atoms with van der Waals surface area (Å²) >= 11 is 0. The number of aromatic nitrogens is 2. The predicted octanol–water partition coefficient (Wildman–Crippen LogP) is 4.66. The van der Waals surface area contributed by atoms with E-state index < -0.39 is 6.10 Å². The third kappa shape index (κ3) is 2.77. The molecule has 3 rings (SSSR count). The van der Waals surface area contributed by atoms with Gasteiger partial charge in [0.25, 0.3) is 0 Å². The van der Waals surface area contributed by atoms with Gasteiger partial charge in [-0.3, -0.25) is 0 Å². The molecule has 23 heavy (non-hydrogen) atoms. The van der Waals surface area contributed by atoms with Gasteiger partial charge in [-0.1, -0.05) is 51.1 Å². The van der Waals surface area contributed by atoms with Crippen LogP contribution in [0.25, 0.3) is 16.9 Å². The highest BCUT2D eigenvalue weighted by molar-refractivity contribution is 5.68. The summed E-state index contributed by atoms with van der Waals surface area (Å²) in [7, 11) is 0. The van der Waals surface area contributed by atoms with Crippen LogP contribution in [0.15, 0.2) is 42.6 Å². The molecule has 0 aliphatic carbocycles. The van der Waals surface area contributed by atoms with Gasteiger partial charge < -0.3 is 9.51 Å². The van der Waals surface area contributed by atoms with Crippen molar-refractivity contribution in [3.8, 4) is 11.3 Å². The van der Waals surface area contributed by atoms with Crippen LogP contribution < -0.4 is 0 Å². The molecule has 0 aliphatic heterocycles. The second-order valence-corrected chi connectivity index (χ2v) is 7.23. The van der Waals surface area contributed by atoms with Gasteiger partial charge >= 0.3 is 0 Å². The molecular formula is C20H24N2O. The smallest absolute Gasteiger partial charge is 0.140 e. The molecule has 0 fully saturated rings. The zero-order valence-electron chi connectivity index (χ0n) is 14.5. The van der Waals surface area contributed by atoms with Gasteiger partial charge in [-0.15, -0.1) is 0 Å². The number of hydrogen-bond acceptors (Lipinski definition) is 2. The van der Waals surface area contributed by atoms with E-state index in [0.29, 0.717) is 0 Å². The summed E-state index contributed by atoms with van der Waals surface area (Å²) in [5.41, 5.74) is 6.16. The summed E-state index contributed by atoms with van der Waals surface area (Å²) in [6.07, 6.45) is 1.38. The highest BCUT2D eigenvalue weighted by Gasteiger charge is 2.19. The Morgan fingerprint density at radius 3 is 2.30 bits per heavy atom. The lowest BCUT2D eigenvalue weighted by atomic mass is 9.86. The van der Waals surface area contributed by atoms with Gasteiger partial charge in [-0.05, 0) is 36.5 Å². The fourth-order valence-electron chi connectivity index (χ4n) is 2.96. The lowest BCUT2D eigenvalue weighted by Crippen LogP contribution is -2.10. The standard InChI is InChI=1S/C20H24N2O/c1-13-7-6-12-22-18(14(2)23)17(21-19(13)22)15-8-10-16(11-9-15)20(3,4)5/h6-12,14,23H,1-5H3. The average Bonchev–Trinajstić information content (AvgIpc) is 2.87. The van der Waals surface area contributed by atoms with E-state index in [2.05, 4.69) is 45.0 Å². The first-order valence-corrected chi connectivity index (χ1v) is 8.05. The van der Waals surface area contributed by atoms with Crippen molar-refractivity contribution >= 4 is 5.65 Å². The van der Waals surface area contributed by atoms with E-state index in [-0.39, 0.29) is 5.41 Å². The van der Waals surface area contributed by atoms with Crippen molar-refractivity contribution in [3.05, 3.63) is 59.4 Å². The van der Waals surface area contributed by atoms with Crippen LogP contribution in [0.2, 0.25) is 0 Å². The van der Waals surface area contributed by atoms with E-state index in [1.165, 1.54) is 5.56 Å². The summed E-state index contributed by atoms with van der Waals surface area (Å²) in [5.74, 6) is 0. The molecule has 1 unspecified atom stereocenters. The van der Waals surface area contributed by atoms with Crippen LogP contribution in [0.3, 0.4) is 0 Å². The minimum atomic E-state index is -0.580. The molecule has 120 valence electrons. The van der Waals surface area contributed by atoms with Gasteiger partial charge in [-0.2, -0.15) is 0 Å². The second kappa shape index (κ2) is 5.50. The lowest BCUT2D eigenvalue weighted by Gasteiger charge is -2.19. The monoisotopic (exact) mass is 308 g/mol. The SMILES string of the molecule is Cc1cccn2c(C(C)O)c(-c3ccc(C(C)(C)C)cc3)nc12. The Morgan fingerprint density at radius 2 is 1.74 bits per heavy atom. The van der Waals surface area contributed by atoms with Crippen LogP contribution in [-0.4, -0.2) is 14.5 Å². The van der Waals surface area contributed by atoms with Crippen LogP contribution in [0.1, 0.15) is 50.6 Å². The number of rotatable bonds is 2. The highest BCUT2D eigenvalue weighted by Crippen LogP contribution is 2.31. The second-order valence-electron chi connectivity index (χ2n) is 7.23. The number of benzene rings is 1. The number of imidazole rings is 1. The first-order valence-electron chi connectivity index (χ1n) is 8.05. The number of aliphatic hydroxyl groups is 1. The first kappa shape index (κ1) is 15.8. The molecule has 0 bridgehead atoms. The van der Waals surface area contributed by atoms with Gasteiger partial charge in [-0.25, -0.2) is 4.98 Å². The van der Waals surface area contributed by atoms with Gasteiger partial charge in [0, 0.05) is 11.8 Å². The Morgan fingerprint density at radius 1 is 1.09 bits per heavy atom. The number of nitrogens with zero attached hydrogens (tertiary/aromatic N) is 2. The molecule has 0 saturated heterocycles. The van der Waals surface area contributed by atoms with Crippen molar-refractivity contribution in [1.82, 2.24) is 9.38 Å². The normalized spacial score (nSPS) is 13.5. The Hall–Kier alpha value is -2.13. The summed E-state index contributed by atoms with van der Waals surface area (Å²) in [6, 6.07) is 12.5. The number of aryl methyl sites for hydroxylation is 1. The van der Waals surface area contributed by atoms with Crippen LogP contribution >= 0.6 is 0 Å². The molecule has 0 aliphatic rings. The Balaban J connectivity index is 2.20. The molecule has 2 heterocycles. The molecule has 0 radical (unpaired) electrons. The van der Waals surface area contributed by atoms with Crippen molar-refractivity contribution in [2.45, 2.75) is 46.1 Å². The maximum atomic E-state index is 10.3. The van der Waals surface area contributed by atoms with E-state index in [0.717, 1.165) is 28.2 Å².